The minimum atomic E-state index is -3.52. The lowest BCUT2D eigenvalue weighted by atomic mass is 9.92. The Hall–Kier alpha value is -2.05. The number of alkyl halides is 1. The van der Waals surface area contributed by atoms with Gasteiger partial charge in [-0.25, -0.2) is 8.78 Å². The highest BCUT2D eigenvalue weighted by Crippen LogP contribution is 2.27. The molecule has 2 heterocycles. The molecular weight excluding hydrogens is 384 g/mol. The predicted octanol–water partition coefficient (Wildman–Crippen LogP) is 4.17. The normalized spacial score (nSPS) is 28.5. The topological polar surface area (TPSA) is 45.2 Å². The minimum absolute atomic E-state index is 0.222. The largest absolute Gasteiger partial charge is 0.338 e. The van der Waals surface area contributed by atoms with Crippen molar-refractivity contribution in [2.75, 3.05) is 19.5 Å². The van der Waals surface area contributed by atoms with Crippen molar-refractivity contribution in [3.63, 3.8) is 0 Å². The molecule has 4 nitrogen and oxygen atoms in total. The van der Waals surface area contributed by atoms with E-state index in [4.69, 9.17) is 22.6 Å². The molecule has 3 rings (SSSR count). The average Bonchev–Trinajstić information content (AvgIpc) is 2.77. The Balaban J connectivity index is 1.84. The van der Waals surface area contributed by atoms with Crippen LogP contribution in [0.4, 0.5) is 8.78 Å². The Labute approximate surface area is 180 Å². The average molecular weight is 416 g/mol. The zero-order chi connectivity index (χ0) is 27.3. The van der Waals surface area contributed by atoms with Gasteiger partial charge in [-0.05, 0) is 36.2 Å². The third-order valence-electron chi connectivity index (χ3n) is 4.15. The number of benzene rings is 1. The number of carbonyl (C=O) groups is 1. The van der Waals surface area contributed by atoms with Gasteiger partial charge in [0.2, 0.25) is 0 Å². The molecule has 0 saturated carbocycles. The van der Waals surface area contributed by atoms with Gasteiger partial charge in [0.1, 0.15) is 11.5 Å². The van der Waals surface area contributed by atoms with Crippen molar-refractivity contribution in [1.82, 2.24) is 15.2 Å². The SMILES string of the molecule is [2H]C([2H])(C)c1ccc(CNC([2H])([2H])C2(F)CCN(C(=O)c3ccc(F)c(Cl)c3)C([2H])([2H])C2([2H])[2H])nc1. The highest BCUT2D eigenvalue weighted by Gasteiger charge is 2.35. The van der Waals surface area contributed by atoms with E-state index in [-0.39, 0.29) is 23.4 Å². The number of amides is 1. The van der Waals surface area contributed by atoms with Gasteiger partial charge in [-0.3, -0.25) is 9.78 Å². The number of likely N-dealkylation sites (tertiary alicyclic amines) is 1. The van der Waals surface area contributed by atoms with Gasteiger partial charge in [0.25, 0.3) is 5.91 Å². The van der Waals surface area contributed by atoms with Crippen LogP contribution in [0.5, 0.6) is 0 Å². The molecule has 1 aromatic carbocycles. The van der Waals surface area contributed by atoms with Crippen LogP contribution in [0.15, 0.2) is 36.5 Å². The number of aryl methyl sites for hydroxylation is 1. The Morgan fingerprint density at radius 2 is 2.29 bits per heavy atom. The molecule has 1 unspecified atom stereocenters. The summed E-state index contributed by atoms with van der Waals surface area (Å²) in [5.41, 5.74) is -3.15. The maximum atomic E-state index is 16.2. The lowest BCUT2D eigenvalue weighted by Gasteiger charge is -2.36. The second-order valence-corrected chi connectivity index (χ2v) is 6.55. The Morgan fingerprint density at radius 1 is 1.46 bits per heavy atom. The number of carbonyl (C=O) groups excluding carboxylic acids is 1. The van der Waals surface area contributed by atoms with Crippen LogP contribution in [0.3, 0.4) is 0 Å². The first kappa shape index (κ1) is 12.5. The molecule has 7 heteroatoms. The van der Waals surface area contributed by atoms with Crippen LogP contribution in [0.25, 0.3) is 0 Å². The third-order valence-corrected chi connectivity index (χ3v) is 4.44. The van der Waals surface area contributed by atoms with Gasteiger partial charge < -0.3 is 10.2 Å². The number of rotatable bonds is 6. The highest BCUT2D eigenvalue weighted by molar-refractivity contribution is 6.31. The van der Waals surface area contributed by atoms with Gasteiger partial charge in [0.15, 0.2) is 0 Å². The van der Waals surface area contributed by atoms with Crippen molar-refractivity contribution < 1.29 is 24.5 Å². The van der Waals surface area contributed by atoms with Crippen molar-refractivity contribution in [2.45, 2.75) is 38.3 Å². The number of halogens is 3. The minimum Gasteiger partial charge on any atom is -0.338 e. The van der Waals surface area contributed by atoms with E-state index in [2.05, 4.69) is 10.3 Å². The molecular formula is C21H24ClF2N3O. The van der Waals surface area contributed by atoms with Crippen LogP contribution in [-0.2, 0) is 12.9 Å². The second-order valence-electron chi connectivity index (χ2n) is 6.14. The number of aromatic nitrogens is 1. The Kier molecular flexibility index (Phi) is 4.00. The maximum absolute atomic E-state index is 16.2. The molecule has 1 saturated heterocycles. The maximum Gasteiger partial charge on any atom is 0.253 e. The number of pyridine rings is 1. The summed E-state index contributed by atoms with van der Waals surface area (Å²) in [6.45, 7) is -6.08. The molecule has 28 heavy (non-hydrogen) atoms. The molecule has 0 spiro atoms. The van der Waals surface area contributed by atoms with Crippen LogP contribution in [0.1, 0.15) is 52.3 Å². The summed E-state index contributed by atoms with van der Waals surface area (Å²) in [6.07, 6.45) is -4.81. The number of hydrogen-bond donors (Lipinski definition) is 1. The van der Waals surface area contributed by atoms with E-state index in [0.717, 1.165) is 18.2 Å². The van der Waals surface area contributed by atoms with Crippen molar-refractivity contribution in [3.8, 4) is 0 Å². The van der Waals surface area contributed by atoms with Gasteiger partial charge in [-0.1, -0.05) is 24.6 Å². The monoisotopic (exact) mass is 415 g/mol. The highest BCUT2D eigenvalue weighted by atomic mass is 35.5. The molecule has 1 atom stereocenters. The van der Waals surface area contributed by atoms with Gasteiger partial charge in [-0.15, -0.1) is 0 Å². The molecule has 1 aromatic heterocycles. The van der Waals surface area contributed by atoms with Crippen molar-refractivity contribution >= 4 is 17.5 Å². The number of nitrogens with one attached hydrogen (secondary N) is 1. The van der Waals surface area contributed by atoms with Crippen LogP contribution >= 0.6 is 11.6 Å². The first-order chi connectivity index (χ1) is 16.3. The van der Waals surface area contributed by atoms with E-state index in [0.29, 0.717) is 4.90 Å². The number of hydrogen-bond acceptors (Lipinski definition) is 3. The molecule has 1 aliphatic heterocycles. The summed E-state index contributed by atoms with van der Waals surface area (Å²) in [6, 6.07) is 5.73. The molecule has 1 N–H and O–H groups in total. The molecule has 150 valence electrons. The lowest BCUT2D eigenvalue weighted by Crippen LogP contribution is -2.48. The summed E-state index contributed by atoms with van der Waals surface area (Å²) in [7, 11) is 0. The molecule has 1 fully saturated rings. The lowest BCUT2D eigenvalue weighted by molar-refractivity contribution is 0.0434. The summed E-state index contributed by atoms with van der Waals surface area (Å²) < 4.78 is 94.6. The fourth-order valence-electron chi connectivity index (χ4n) is 2.52. The summed E-state index contributed by atoms with van der Waals surface area (Å²) in [5, 5.41) is 1.86. The van der Waals surface area contributed by atoms with Gasteiger partial charge in [0.05, 0.1) is 10.7 Å². The summed E-state index contributed by atoms with van der Waals surface area (Å²) in [5.74, 6) is -1.87. The van der Waals surface area contributed by atoms with Crippen LogP contribution in [-0.4, -0.2) is 41.0 Å². The summed E-state index contributed by atoms with van der Waals surface area (Å²) in [4.78, 5) is 17.4. The molecule has 0 bridgehead atoms. The zero-order valence-corrected chi connectivity index (χ0v) is 15.8. The van der Waals surface area contributed by atoms with Crippen LogP contribution < -0.4 is 5.32 Å². The van der Waals surface area contributed by atoms with Gasteiger partial charge in [0, 0.05) is 61.6 Å². The third kappa shape index (κ3) is 5.06. The fraction of sp³-hybridized carbons (Fsp3) is 0.429. The smallest absolute Gasteiger partial charge is 0.253 e. The summed E-state index contributed by atoms with van der Waals surface area (Å²) >= 11 is 5.69. The fourth-order valence-corrected chi connectivity index (χ4v) is 2.70. The van der Waals surface area contributed by atoms with Crippen molar-refractivity contribution in [3.05, 3.63) is 64.2 Å². The molecule has 1 amide bonds. The molecule has 0 radical (unpaired) electrons. The van der Waals surface area contributed by atoms with Crippen LogP contribution in [0.2, 0.25) is 5.02 Å². The van der Waals surface area contributed by atoms with Crippen molar-refractivity contribution in [1.29, 1.82) is 0 Å². The van der Waals surface area contributed by atoms with Crippen molar-refractivity contribution in [2.24, 2.45) is 0 Å². The molecule has 1 aliphatic rings. The number of nitrogens with zero attached hydrogens (tertiary/aromatic N) is 2. The molecule has 2 aromatic rings. The van der Waals surface area contributed by atoms with E-state index < -0.39 is 61.1 Å². The van der Waals surface area contributed by atoms with Crippen LogP contribution in [0, 0.1) is 5.82 Å². The van der Waals surface area contributed by atoms with E-state index in [1.807, 2.05) is 0 Å². The quantitative estimate of drug-likeness (QED) is 0.770. The second kappa shape index (κ2) is 8.97. The standard InChI is InChI=1S/C21H24ClF2N3O/c1-2-15-3-5-17(26-12-15)13-25-14-21(24)7-9-27(10-8-21)20(28)16-4-6-19(23)18(22)11-16/h3-6,11-12,25H,2,7-10,13-14H2,1H3/i2D2,7D2,9D2,14D2. The zero-order valence-electron chi connectivity index (χ0n) is 23.0. The van der Waals surface area contributed by atoms with Gasteiger partial charge >= 0.3 is 0 Å². The van der Waals surface area contributed by atoms with E-state index >= 15 is 4.39 Å². The van der Waals surface area contributed by atoms with E-state index in [9.17, 15) is 9.18 Å². The number of piperidine rings is 1. The Morgan fingerprint density at radius 3 is 2.96 bits per heavy atom. The first-order valence-corrected chi connectivity index (χ1v) is 8.89. The first-order valence-electron chi connectivity index (χ1n) is 12.5. The van der Waals surface area contributed by atoms with E-state index in [1.165, 1.54) is 25.3 Å². The Bertz CT molecular complexity index is 1150. The predicted molar refractivity (Wildman–Crippen MR) is 106 cm³/mol. The van der Waals surface area contributed by atoms with Gasteiger partial charge in [-0.2, -0.15) is 0 Å². The van der Waals surface area contributed by atoms with E-state index in [1.54, 1.807) is 0 Å². The molecule has 0 aliphatic carbocycles.